The number of nitrogens with one attached hydrogen (secondary N) is 2. The topological polar surface area (TPSA) is 105 Å². The Morgan fingerprint density at radius 2 is 1.74 bits per heavy atom. The Hall–Kier alpha value is -3.48. The van der Waals surface area contributed by atoms with Crippen molar-refractivity contribution in [3.63, 3.8) is 0 Å². The van der Waals surface area contributed by atoms with Gasteiger partial charge in [-0.05, 0) is 0 Å². The summed E-state index contributed by atoms with van der Waals surface area (Å²) in [5.74, 6) is 2.42. The largest absolute Gasteiger partial charge is 0.382 e. The molecule has 4 aromatic rings. The Bertz CT molecular complexity index is 945. The van der Waals surface area contributed by atoms with Crippen LogP contribution in [0.2, 0.25) is 0 Å². The highest BCUT2D eigenvalue weighted by Crippen LogP contribution is 2.22. The fraction of sp³-hybridized carbons (Fsp3) is 0. The molecule has 3 aromatic heterocycles. The van der Waals surface area contributed by atoms with E-state index in [4.69, 9.17) is 5.73 Å². The predicted molar refractivity (Wildman–Crippen MR) is 89.1 cm³/mol. The molecule has 0 aliphatic carbocycles. The number of anilines is 3. The van der Waals surface area contributed by atoms with Crippen LogP contribution in [-0.2, 0) is 0 Å². The average Bonchev–Trinajstić information content (AvgIpc) is 3.01. The van der Waals surface area contributed by atoms with Crippen LogP contribution in [0.25, 0.3) is 22.4 Å². The first-order chi connectivity index (χ1) is 11.3. The second kappa shape index (κ2) is 5.38. The van der Waals surface area contributed by atoms with Gasteiger partial charge in [-0.2, -0.15) is 0 Å². The van der Waals surface area contributed by atoms with Crippen LogP contribution in [0.5, 0.6) is 0 Å². The molecule has 0 bridgehead atoms. The van der Waals surface area contributed by atoms with Crippen LogP contribution in [0, 0.1) is 0 Å². The number of rotatable bonds is 3. The molecule has 0 aliphatic rings. The first-order valence-electron chi connectivity index (χ1n) is 7.04. The lowest BCUT2D eigenvalue weighted by atomic mass is 10.2. The number of pyridine rings is 1. The van der Waals surface area contributed by atoms with Gasteiger partial charge in [0, 0.05) is 11.6 Å². The fourth-order valence-electron chi connectivity index (χ4n) is 2.25. The van der Waals surface area contributed by atoms with E-state index in [1.165, 1.54) is 6.20 Å². The van der Waals surface area contributed by atoms with Gasteiger partial charge < -0.3 is 16.0 Å². The van der Waals surface area contributed by atoms with Crippen molar-refractivity contribution < 1.29 is 0 Å². The van der Waals surface area contributed by atoms with E-state index in [0.717, 1.165) is 22.4 Å². The van der Waals surface area contributed by atoms with Gasteiger partial charge in [-0.1, -0.05) is 30.3 Å². The molecule has 4 rings (SSSR count). The van der Waals surface area contributed by atoms with Gasteiger partial charge in [0.1, 0.15) is 28.8 Å². The number of benzene rings is 1. The van der Waals surface area contributed by atoms with Crippen LogP contribution in [0.15, 0.2) is 55.0 Å². The summed E-state index contributed by atoms with van der Waals surface area (Å²) in [6, 6.07) is 11.8. The van der Waals surface area contributed by atoms with E-state index in [1.807, 2.05) is 36.4 Å². The van der Waals surface area contributed by atoms with Gasteiger partial charge in [0.05, 0.1) is 24.1 Å². The standard InChI is InChI=1S/C16H13N7/c17-13-8-20-15(9-18-13)23-14-6-11-12(7-19-14)22-16(21-11)10-4-2-1-3-5-10/h1-9H,(H2,17,18)(H,21,22)(H,19,20,23). The SMILES string of the molecule is Nc1cnc(Nc2cc3[nH]c(-c4ccccc4)nc3cn2)cn1. The third-order valence-electron chi connectivity index (χ3n) is 3.34. The molecule has 0 spiro atoms. The molecule has 4 N–H and O–H groups in total. The van der Waals surface area contributed by atoms with Crippen molar-refractivity contribution in [2.24, 2.45) is 0 Å². The third kappa shape index (κ3) is 2.67. The monoisotopic (exact) mass is 303 g/mol. The minimum absolute atomic E-state index is 0.375. The molecular weight excluding hydrogens is 290 g/mol. The number of H-pyrrole nitrogens is 1. The van der Waals surface area contributed by atoms with Crippen molar-refractivity contribution in [2.75, 3.05) is 11.1 Å². The number of nitrogens with two attached hydrogens (primary N) is 1. The molecule has 0 fully saturated rings. The number of nitrogen functional groups attached to an aromatic ring is 1. The average molecular weight is 303 g/mol. The van der Waals surface area contributed by atoms with E-state index in [1.54, 1.807) is 12.4 Å². The lowest BCUT2D eigenvalue weighted by Gasteiger charge is -2.03. The number of aromatic amines is 1. The summed E-state index contributed by atoms with van der Waals surface area (Å²) in [6.45, 7) is 0. The van der Waals surface area contributed by atoms with Crippen molar-refractivity contribution in [2.45, 2.75) is 0 Å². The maximum atomic E-state index is 5.52. The fourth-order valence-corrected chi connectivity index (χ4v) is 2.25. The third-order valence-corrected chi connectivity index (χ3v) is 3.34. The molecule has 0 aliphatic heterocycles. The van der Waals surface area contributed by atoms with Gasteiger partial charge in [0.15, 0.2) is 0 Å². The second-order valence-corrected chi connectivity index (χ2v) is 4.99. The van der Waals surface area contributed by atoms with Crippen molar-refractivity contribution >= 4 is 28.5 Å². The minimum atomic E-state index is 0.375. The maximum absolute atomic E-state index is 5.52. The summed E-state index contributed by atoms with van der Waals surface area (Å²) in [5, 5.41) is 3.08. The molecular formula is C16H13N7. The molecule has 0 saturated carbocycles. The summed E-state index contributed by atoms with van der Waals surface area (Å²) in [4.78, 5) is 20.3. The lowest BCUT2D eigenvalue weighted by Crippen LogP contribution is -1.98. The van der Waals surface area contributed by atoms with Gasteiger partial charge >= 0.3 is 0 Å². The van der Waals surface area contributed by atoms with Crippen LogP contribution in [0.4, 0.5) is 17.5 Å². The van der Waals surface area contributed by atoms with Gasteiger partial charge in [0.2, 0.25) is 0 Å². The number of nitrogens with zero attached hydrogens (tertiary/aromatic N) is 4. The summed E-state index contributed by atoms with van der Waals surface area (Å²) < 4.78 is 0. The van der Waals surface area contributed by atoms with Crippen molar-refractivity contribution in [3.05, 3.63) is 55.0 Å². The van der Waals surface area contributed by atoms with E-state index in [9.17, 15) is 0 Å². The highest BCUT2D eigenvalue weighted by Gasteiger charge is 2.07. The molecule has 1 aromatic carbocycles. The number of imidazole rings is 1. The molecule has 0 radical (unpaired) electrons. The van der Waals surface area contributed by atoms with Crippen LogP contribution in [-0.4, -0.2) is 24.9 Å². The predicted octanol–water partition coefficient (Wildman–Crippen LogP) is 2.74. The number of hydrogen-bond donors (Lipinski definition) is 3. The Labute approximate surface area is 131 Å². The molecule has 7 heteroatoms. The molecule has 0 atom stereocenters. The number of fused-ring (bicyclic) bond motifs is 1. The van der Waals surface area contributed by atoms with Gasteiger partial charge in [-0.3, -0.25) is 0 Å². The molecule has 23 heavy (non-hydrogen) atoms. The van der Waals surface area contributed by atoms with E-state index >= 15 is 0 Å². The Balaban J connectivity index is 1.66. The first kappa shape index (κ1) is 13.2. The summed E-state index contributed by atoms with van der Waals surface area (Å²) >= 11 is 0. The number of hydrogen-bond acceptors (Lipinski definition) is 6. The van der Waals surface area contributed by atoms with Gasteiger partial charge in [-0.25, -0.2) is 19.9 Å². The van der Waals surface area contributed by atoms with Crippen LogP contribution < -0.4 is 11.1 Å². The lowest BCUT2D eigenvalue weighted by molar-refractivity contribution is 1.19. The van der Waals surface area contributed by atoms with Crippen molar-refractivity contribution in [1.29, 1.82) is 0 Å². The van der Waals surface area contributed by atoms with Crippen LogP contribution >= 0.6 is 0 Å². The van der Waals surface area contributed by atoms with Gasteiger partial charge in [-0.15, -0.1) is 0 Å². The smallest absolute Gasteiger partial charge is 0.150 e. The highest BCUT2D eigenvalue weighted by atomic mass is 15.1. The molecule has 0 amide bonds. The Kier molecular flexibility index (Phi) is 3.09. The zero-order valence-electron chi connectivity index (χ0n) is 12.1. The number of aromatic nitrogens is 5. The zero-order chi connectivity index (χ0) is 15.6. The highest BCUT2D eigenvalue weighted by molar-refractivity contribution is 5.81. The van der Waals surface area contributed by atoms with Crippen molar-refractivity contribution in [3.8, 4) is 11.4 Å². The van der Waals surface area contributed by atoms with Crippen molar-refractivity contribution in [1.82, 2.24) is 24.9 Å². The Morgan fingerprint density at radius 1 is 0.913 bits per heavy atom. The summed E-state index contributed by atoms with van der Waals surface area (Å²) in [6.07, 6.45) is 4.76. The first-order valence-corrected chi connectivity index (χ1v) is 7.04. The minimum Gasteiger partial charge on any atom is -0.382 e. The summed E-state index contributed by atoms with van der Waals surface area (Å²) in [5.41, 5.74) is 8.25. The Morgan fingerprint density at radius 3 is 2.52 bits per heavy atom. The summed E-state index contributed by atoms with van der Waals surface area (Å²) in [7, 11) is 0. The van der Waals surface area contributed by atoms with E-state index in [-0.39, 0.29) is 0 Å². The normalized spacial score (nSPS) is 10.8. The second-order valence-electron chi connectivity index (χ2n) is 4.99. The molecule has 0 saturated heterocycles. The zero-order valence-corrected chi connectivity index (χ0v) is 12.1. The molecule has 3 heterocycles. The quantitative estimate of drug-likeness (QED) is 0.537. The van der Waals surface area contributed by atoms with Crippen LogP contribution in [0.3, 0.4) is 0 Å². The maximum Gasteiger partial charge on any atom is 0.150 e. The van der Waals surface area contributed by atoms with Gasteiger partial charge in [0.25, 0.3) is 0 Å². The molecule has 112 valence electrons. The molecule has 0 unspecified atom stereocenters. The van der Waals surface area contributed by atoms with Crippen LogP contribution in [0.1, 0.15) is 0 Å². The molecule has 7 nitrogen and oxygen atoms in total. The van der Waals surface area contributed by atoms with E-state index in [2.05, 4.69) is 30.2 Å². The van der Waals surface area contributed by atoms with E-state index in [0.29, 0.717) is 17.5 Å². The van der Waals surface area contributed by atoms with E-state index < -0.39 is 0 Å².